The second-order valence-electron chi connectivity index (χ2n) is 15.1. The van der Waals surface area contributed by atoms with Gasteiger partial charge in [-0.3, -0.25) is 4.90 Å². The van der Waals surface area contributed by atoms with E-state index in [-0.39, 0.29) is 73.5 Å². The van der Waals surface area contributed by atoms with Gasteiger partial charge in [-0.05, 0) is 85.5 Å². The summed E-state index contributed by atoms with van der Waals surface area (Å²) in [7, 11) is 0. The van der Waals surface area contributed by atoms with Crippen LogP contribution >= 0.6 is 11.8 Å². The summed E-state index contributed by atoms with van der Waals surface area (Å²) in [6, 6.07) is 6.31. The van der Waals surface area contributed by atoms with Crippen LogP contribution in [0.4, 0.5) is 27.8 Å². The fourth-order valence-corrected chi connectivity index (χ4v) is 9.11. The lowest BCUT2D eigenvalue weighted by molar-refractivity contribution is -0.0532. The van der Waals surface area contributed by atoms with Gasteiger partial charge in [0.1, 0.15) is 22.9 Å². The van der Waals surface area contributed by atoms with Crippen molar-refractivity contribution >= 4 is 39.3 Å². The van der Waals surface area contributed by atoms with Crippen LogP contribution in [0.2, 0.25) is 0 Å². The van der Waals surface area contributed by atoms with Crippen molar-refractivity contribution in [1.29, 1.82) is 0 Å². The molecule has 2 N–H and O–H groups in total. The molecule has 5 fully saturated rings. The maximum atomic E-state index is 17.4. The van der Waals surface area contributed by atoms with E-state index in [9.17, 15) is 18.3 Å². The number of morpholine rings is 1. The molecule has 9 rings (SSSR count). The largest absolute Gasteiger partial charge is 0.508 e. The number of phenols is 1. The predicted molar refractivity (Wildman–Crippen MR) is 188 cm³/mol. The molecule has 2 bridgehead atoms. The summed E-state index contributed by atoms with van der Waals surface area (Å²) in [5, 5.41) is 14.6. The van der Waals surface area contributed by atoms with Crippen molar-refractivity contribution < 1.29 is 36.5 Å². The number of hydrogen-bond donors (Lipinski definition) is 2. The maximum absolute atomic E-state index is 17.4. The van der Waals surface area contributed by atoms with Crippen molar-refractivity contribution in [2.45, 2.75) is 66.6 Å². The van der Waals surface area contributed by atoms with Gasteiger partial charge in [0.25, 0.3) is 0 Å². The minimum Gasteiger partial charge on any atom is -0.508 e. The van der Waals surface area contributed by atoms with Gasteiger partial charge in [-0.2, -0.15) is 23.1 Å². The van der Waals surface area contributed by atoms with Crippen LogP contribution in [0.5, 0.6) is 11.8 Å². The van der Waals surface area contributed by atoms with Crippen LogP contribution in [0.25, 0.3) is 32.8 Å². The second-order valence-corrected chi connectivity index (χ2v) is 16.2. The maximum Gasteiger partial charge on any atom is 0.446 e. The quantitative estimate of drug-likeness (QED) is 0.113. The highest BCUT2D eigenvalue weighted by atomic mass is 32.2. The molecule has 8 nitrogen and oxygen atoms in total. The van der Waals surface area contributed by atoms with E-state index in [0.717, 1.165) is 70.3 Å². The van der Waals surface area contributed by atoms with Crippen LogP contribution in [-0.4, -0.2) is 89.1 Å². The van der Waals surface area contributed by atoms with Crippen molar-refractivity contribution in [1.82, 2.24) is 20.2 Å². The fourth-order valence-electron chi connectivity index (χ4n) is 8.38. The number of nitrogens with one attached hydrogen (secondary N) is 1. The van der Waals surface area contributed by atoms with Crippen LogP contribution in [-0.2, 0) is 4.74 Å². The van der Waals surface area contributed by atoms with Crippen molar-refractivity contribution in [3.8, 4) is 35.2 Å². The molecule has 4 heterocycles. The SMILES string of the molecule is C#Cc1c(F)ccc2cc(O)cc(-c3c(SC(F)(F)F)cc4c(N5CC6CCC(C5)N6)nc(OCC5(CN6CCOC7(CC7)C6)CC5)nc4c3F)c12. The second kappa shape index (κ2) is 12.3. The third-order valence-corrected chi connectivity index (χ3v) is 12.0. The Labute approximate surface area is 301 Å². The van der Waals surface area contributed by atoms with Crippen molar-refractivity contribution in [2.24, 2.45) is 5.41 Å². The first kappa shape index (κ1) is 33.9. The number of terminal acetylenes is 1. The number of aromatic hydroxyl groups is 1. The Kier molecular flexibility index (Phi) is 8.04. The van der Waals surface area contributed by atoms with Gasteiger partial charge in [-0.15, -0.1) is 6.42 Å². The number of piperazine rings is 1. The number of halogens is 5. The van der Waals surface area contributed by atoms with Crippen molar-refractivity contribution in [3.63, 3.8) is 0 Å². The van der Waals surface area contributed by atoms with Gasteiger partial charge in [-0.25, -0.2) is 8.78 Å². The summed E-state index contributed by atoms with van der Waals surface area (Å²) in [5.74, 6) is 0.309. The highest BCUT2D eigenvalue weighted by Gasteiger charge is 2.51. The summed E-state index contributed by atoms with van der Waals surface area (Å²) in [6.07, 6.45) is 11.6. The molecular formula is C38H36F5N5O3S. The molecule has 2 aliphatic carbocycles. The summed E-state index contributed by atoms with van der Waals surface area (Å²) in [4.78, 5) is 13.2. The monoisotopic (exact) mass is 737 g/mol. The molecule has 0 radical (unpaired) electrons. The lowest BCUT2D eigenvalue weighted by atomic mass is 9.93. The first-order valence-electron chi connectivity index (χ1n) is 17.6. The molecule has 14 heteroatoms. The molecule has 0 amide bonds. The third kappa shape index (κ3) is 6.29. The number of fused-ring (bicyclic) bond motifs is 4. The molecule has 272 valence electrons. The Hall–Kier alpha value is -3.90. The number of nitrogens with zero attached hydrogens (tertiary/aromatic N) is 4. The zero-order valence-corrected chi connectivity index (χ0v) is 29.0. The molecule has 1 spiro atoms. The van der Waals surface area contributed by atoms with Gasteiger partial charge in [0, 0.05) is 71.5 Å². The molecule has 4 aromatic rings. The molecule has 3 aromatic carbocycles. The van der Waals surface area contributed by atoms with E-state index in [4.69, 9.17) is 20.9 Å². The Morgan fingerprint density at radius 2 is 1.85 bits per heavy atom. The van der Waals surface area contributed by atoms with Crippen LogP contribution in [0.3, 0.4) is 0 Å². The van der Waals surface area contributed by atoms with Gasteiger partial charge in [0.05, 0.1) is 24.4 Å². The Bertz CT molecular complexity index is 2140. The van der Waals surface area contributed by atoms with Crippen molar-refractivity contribution in [2.75, 3.05) is 50.8 Å². The molecule has 2 atom stereocenters. The van der Waals surface area contributed by atoms with Crippen LogP contribution < -0.4 is 15.0 Å². The summed E-state index contributed by atoms with van der Waals surface area (Å²) in [6.45, 7) is 4.60. The van der Waals surface area contributed by atoms with Crippen LogP contribution in [0.1, 0.15) is 44.1 Å². The molecule has 52 heavy (non-hydrogen) atoms. The van der Waals surface area contributed by atoms with E-state index < -0.39 is 39.4 Å². The molecule has 2 saturated carbocycles. The molecule has 3 aliphatic heterocycles. The highest BCUT2D eigenvalue weighted by Crippen LogP contribution is 2.51. The van der Waals surface area contributed by atoms with Crippen LogP contribution in [0, 0.1) is 29.4 Å². The van der Waals surface area contributed by atoms with Gasteiger partial charge in [-0.1, -0.05) is 12.0 Å². The Balaban J connectivity index is 1.18. The number of aromatic nitrogens is 2. The topological polar surface area (TPSA) is 83.0 Å². The molecule has 3 saturated heterocycles. The van der Waals surface area contributed by atoms with Gasteiger partial charge in [0.2, 0.25) is 0 Å². The predicted octanol–water partition coefficient (Wildman–Crippen LogP) is 6.99. The minimum atomic E-state index is -4.82. The van der Waals surface area contributed by atoms with E-state index in [0.29, 0.717) is 26.3 Å². The Morgan fingerprint density at radius 1 is 1.08 bits per heavy atom. The summed E-state index contributed by atoms with van der Waals surface area (Å²) < 4.78 is 87.5. The molecular weight excluding hydrogens is 702 g/mol. The van der Waals surface area contributed by atoms with Gasteiger partial charge >= 0.3 is 11.5 Å². The average Bonchev–Trinajstić information content (AvgIpc) is 4.01. The van der Waals surface area contributed by atoms with E-state index in [1.807, 2.05) is 4.90 Å². The first-order valence-corrected chi connectivity index (χ1v) is 18.4. The molecule has 1 aromatic heterocycles. The number of thioether (sulfide) groups is 1. The molecule has 2 unspecified atom stereocenters. The van der Waals surface area contributed by atoms with E-state index >= 15 is 8.78 Å². The first-order chi connectivity index (χ1) is 24.9. The lowest BCUT2D eigenvalue weighted by Crippen LogP contribution is -2.51. The number of hydrogen-bond acceptors (Lipinski definition) is 9. The number of phenolic OH excluding ortho intramolecular Hbond substituents is 1. The van der Waals surface area contributed by atoms with E-state index in [1.54, 1.807) is 0 Å². The highest BCUT2D eigenvalue weighted by molar-refractivity contribution is 8.00. The molecule has 5 aliphatic rings. The number of benzene rings is 3. The number of ether oxygens (including phenoxy) is 2. The smallest absolute Gasteiger partial charge is 0.446 e. The van der Waals surface area contributed by atoms with Gasteiger partial charge < -0.3 is 24.8 Å². The zero-order chi connectivity index (χ0) is 36.0. The average molecular weight is 738 g/mol. The minimum absolute atomic E-state index is 0.00114. The van der Waals surface area contributed by atoms with E-state index in [2.05, 4.69) is 21.1 Å². The normalized spacial score (nSPS) is 23.3. The fraction of sp³-hybridized carbons (Fsp3) is 0.474. The van der Waals surface area contributed by atoms with Crippen molar-refractivity contribution in [3.05, 3.63) is 47.5 Å². The number of alkyl halides is 3. The number of anilines is 1. The lowest BCUT2D eigenvalue weighted by Gasteiger charge is -2.35. The summed E-state index contributed by atoms with van der Waals surface area (Å²) >= 11 is -0.499. The van der Waals surface area contributed by atoms with E-state index in [1.165, 1.54) is 18.2 Å². The third-order valence-electron chi connectivity index (χ3n) is 11.2. The van der Waals surface area contributed by atoms with Gasteiger partial charge in [0.15, 0.2) is 5.82 Å². The summed E-state index contributed by atoms with van der Waals surface area (Å²) in [5.41, 5.74) is -6.15. The standard InChI is InChI=1S/C38H36F5N5O3S/c1-2-25-28(39)6-3-21-13-24(49)14-26(30(21)25)31-29(52-38(41,42)43)15-27-33(32(31)40)45-35(46-34(27)48-16-22-4-5-23(17-48)44-22)50-20-36(7-8-36)18-47-11-12-51-37(19-47)9-10-37/h1,3,6,13-15,22-23,44,49H,4-5,7-12,16-20H2. The zero-order valence-electron chi connectivity index (χ0n) is 28.2. The van der Waals surface area contributed by atoms with Crippen LogP contribution in [0.15, 0.2) is 35.2 Å². The Morgan fingerprint density at radius 3 is 2.54 bits per heavy atom. The number of rotatable bonds is 8.